The van der Waals surface area contributed by atoms with Crippen molar-refractivity contribution in [2.75, 3.05) is 13.2 Å². The van der Waals surface area contributed by atoms with Crippen molar-refractivity contribution in [2.24, 2.45) is 0 Å². The standard InChI is InChI=1S/C17H22O3/c18-16(12-11-15-7-2-1-3-8-15)9-6-14-20-17-10-4-5-13-19-17/h1-3,7-8,16-18H,4-5,10-14H2. The third kappa shape index (κ3) is 5.75. The molecule has 0 radical (unpaired) electrons. The summed E-state index contributed by atoms with van der Waals surface area (Å²) in [5, 5.41) is 9.79. The molecule has 20 heavy (non-hydrogen) atoms. The molecule has 1 heterocycles. The van der Waals surface area contributed by atoms with Gasteiger partial charge >= 0.3 is 0 Å². The Morgan fingerprint density at radius 1 is 1.30 bits per heavy atom. The molecule has 0 aromatic heterocycles. The lowest BCUT2D eigenvalue weighted by atomic mass is 10.1. The fourth-order valence-electron chi connectivity index (χ4n) is 2.16. The first-order valence-corrected chi connectivity index (χ1v) is 7.28. The predicted octanol–water partition coefficient (Wildman–Crippen LogP) is 2.53. The highest BCUT2D eigenvalue weighted by Gasteiger charge is 2.12. The third-order valence-electron chi connectivity index (χ3n) is 3.30. The Kier molecular flexibility index (Phi) is 6.59. The molecular formula is C17H22O3. The van der Waals surface area contributed by atoms with Crippen molar-refractivity contribution in [1.29, 1.82) is 0 Å². The van der Waals surface area contributed by atoms with Gasteiger partial charge in [0, 0.05) is 6.61 Å². The van der Waals surface area contributed by atoms with Crippen LogP contribution in [0.25, 0.3) is 0 Å². The maximum atomic E-state index is 9.79. The van der Waals surface area contributed by atoms with E-state index in [2.05, 4.69) is 24.0 Å². The van der Waals surface area contributed by atoms with Crippen LogP contribution in [0.3, 0.4) is 0 Å². The quantitative estimate of drug-likeness (QED) is 0.839. The minimum atomic E-state index is -0.592. The summed E-state index contributed by atoms with van der Waals surface area (Å²) < 4.78 is 10.9. The Morgan fingerprint density at radius 3 is 2.90 bits per heavy atom. The topological polar surface area (TPSA) is 38.7 Å². The van der Waals surface area contributed by atoms with Crippen LogP contribution in [0.15, 0.2) is 30.3 Å². The van der Waals surface area contributed by atoms with Crippen LogP contribution in [0.4, 0.5) is 0 Å². The molecule has 2 unspecified atom stereocenters. The van der Waals surface area contributed by atoms with Crippen molar-refractivity contribution in [1.82, 2.24) is 0 Å². The van der Waals surface area contributed by atoms with E-state index < -0.39 is 6.10 Å². The van der Waals surface area contributed by atoms with Crippen molar-refractivity contribution in [3.63, 3.8) is 0 Å². The molecule has 0 spiro atoms. The monoisotopic (exact) mass is 274 g/mol. The molecule has 0 amide bonds. The van der Waals surface area contributed by atoms with Gasteiger partial charge in [-0.25, -0.2) is 0 Å². The van der Waals surface area contributed by atoms with Crippen molar-refractivity contribution in [3.8, 4) is 11.8 Å². The second-order valence-electron chi connectivity index (χ2n) is 4.97. The van der Waals surface area contributed by atoms with Gasteiger partial charge in [0.1, 0.15) is 12.7 Å². The minimum Gasteiger partial charge on any atom is -0.380 e. The van der Waals surface area contributed by atoms with Crippen LogP contribution in [-0.2, 0) is 15.9 Å². The van der Waals surface area contributed by atoms with Gasteiger partial charge in [-0.2, -0.15) is 0 Å². The van der Waals surface area contributed by atoms with E-state index in [0.717, 1.165) is 32.3 Å². The van der Waals surface area contributed by atoms with E-state index in [0.29, 0.717) is 13.0 Å². The first kappa shape index (κ1) is 15.1. The van der Waals surface area contributed by atoms with Crippen molar-refractivity contribution in [3.05, 3.63) is 35.9 Å². The van der Waals surface area contributed by atoms with Crippen LogP contribution in [0, 0.1) is 11.8 Å². The molecule has 108 valence electrons. The van der Waals surface area contributed by atoms with E-state index in [4.69, 9.17) is 9.47 Å². The molecule has 2 rings (SSSR count). The molecule has 0 saturated carbocycles. The van der Waals surface area contributed by atoms with Gasteiger partial charge in [0.25, 0.3) is 0 Å². The molecule has 0 bridgehead atoms. The Hall–Kier alpha value is -1.34. The summed E-state index contributed by atoms with van der Waals surface area (Å²) in [5.74, 6) is 5.68. The van der Waals surface area contributed by atoms with Gasteiger partial charge in [-0.3, -0.25) is 0 Å². The average molecular weight is 274 g/mol. The number of aliphatic hydroxyl groups is 1. The third-order valence-corrected chi connectivity index (χ3v) is 3.30. The molecule has 1 aliphatic rings. The van der Waals surface area contributed by atoms with E-state index >= 15 is 0 Å². The smallest absolute Gasteiger partial charge is 0.158 e. The largest absolute Gasteiger partial charge is 0.380 e. The van der Waals surface area contributed by atoms with Gasteiger partial charge in [0.15, 0.2) is 6.29 Å². The summed E-state index contributed by atoms with van der Waals surface area (Å²) in [6.45, 7) is 1.10. The van der Waals surface area contributed by atoms with Crippen LogP contribution in [0.2, 0.25) is 0 Å². The SMILES string of the molecule is OC(C#CCOC1CCCCO1)CCc1ccccc1. The van der Waals surface area contributed by atoms with E-state index in [1.54, 1.807) is 0 Å². The highest BCUT2D eigenvalue weighted by Crippen LogP contribution is 2.13. The summed E-state index contributed by atoms with van der Waals surface area (Å²) in [6.07, 6.45) is 3.99. The molecule has 1 fully saturated rings. The summed E-state index contributed by atoms with van der Waals surface area (Å²) in [7, 11) is 0. The van der Waals surface area contributed by atoms with E-state index in [-0.39, 0.29) is 6.29 Å². The number of hydrogen-bond acceptors (Lipinski definition) is 3. The molecule has 1 N–H and O–H groups in total. The molecule has 2 atom stereocenters. The normalized spacial score (nSPS) is 19.9. The number of benzene rings is 1. The van der Waals surface area contributed by atoms with Crippen LogP contribution < -0.4 is 0 Å². The Morgan fingerprint density at radius 2 is 2.15 bits per heavy atom. The van der Waals surface area contributed by atoms with E-state index in [1.165, 1.54) is 5.56 Å². The summed E-state index contributed by atoms with van der Waals surface area (Å²) in [4.78, 5) is 0. The number of aryl methyl sites for hydroxylation is 1. The van der Waals surface area contributed by atoms with Gasteiger partial charge in [-0.15, -0.1) is 0 Å². The molecule has 3 nitrogen and oxygen atoms in total. The van der Waals surface area contributed by atoms with Crippen molar-refractivity contribution in [2.45, 2.75) is 44.5 Å². The van der Waals surface area contributed by atoms with Gasteiger partial charge in [0.2, 0.25) is 0 Å². The number of aliphatic hydroxyl groups excluding tert-OH is 1. The average Bonchev–Trinajstić information content (AvgIpc) is 2.52. The number of hydrogen-bond donors (Lipinski definition) is 1. The highest BCUT2D eigenvalue weighted by molar-refractivity contribution is 5.15. The number of rotatable bonds is 5. The Bertz CT molecular complexity index is 427. The summed E-state index contributed by atoms with van der Waals surface area (Å²) in [5.41, 5.74) is 1.22. The van der Waals surface area contributed by atoms with Gasteiger partial charge in [-0.1, -0.05) is 42.2 Å². The first-order chi connectivity index (χ1) is 9.84. The summed E-state index contributed by atoms with van der Waals surface area (Å²) in [6, 6.07) is 10.1. The molecule has 1 aromatic rings. The van der Waals surface area contributed by atoms with E-state index in [1.807, 2.05) is 18.2 Å². The van der Waals surface area contributed by atoms with Crippen molar-refractivity contribution >= 4 is 0 Å². The van der Waals surface area contributed by atoms with Gasteiger partial charge in [-0.05, 0) is 37.7 Å². The predicted molar refractivity (Wildman–Crippen MR) is 78.1 cm³/mol. The lowest BCUT2D eigenvalue weighted by Crippen LogP contribution is -2.22. The molecular weight excluding hydrogens is 252 g/mol. The molecule has 1 aromatic carbocycles. The fourth-order valence-corrected chi connectivity index (χ4v) is 2.16. The van der Waals surface area contributed by atoms with Crippen LogP contribution >= 0.6 is 0 Å². The maximum Gasteiger partial charge on any atom is 0.158 e. The maximum absolute atomic E-state index is 9.79. The molecule has 0 aliphatic carbocycles. The molecule has 1 saturated heterocycles. The van der Waals surface area contributed by atoms with Crippen molar-refractivity contribution < 1.29 is 14.6 Å². The van der Waals surface area contributed by atoms with Crippen LogP contribution in [-0.4, -0.2) is 30.7 Å². The van der Waals surface area contributed by atoms with Crippen LogP contribution in [0.5, 0.6) is 0 Å². The second kappa shape index (κ2) is 8.76. The molecule has 3 heteroatoms. The van der Waals surface area contributed by atoms with Crippen LogP contribution in [0.1, 0.15) is 31.2 Å². The Labute approximate surface area is 120 Å². The zero-order valence-electron chi connectivity index (χ0n) is 11.8. The van der Waals surface area contributed by atoms with E-state index in [9.17, 15) is 5.11 Å². The van der Waals surface area contributed by atoms with Gasteiger partial charge in [0.05, 0.1) is 0 Å². The molecule has 1 aliphatic heterocycles. The minimum absolute atomic E-state index is 0.112. The number of ether oxygens (including phenoxy) is 2. The second-order valence-corrected chi connectivity index (χ2v) is 4.97. The zero-order chi connectivity index (χ0) is 14.0. The fraction of sp³-hybridized carbons (Fsp3) is 0.529. The lowest BCUT2D eigenvalue weighted by Gasteiger charge is -2.21. The zero-order valence-corrected chi connectivity index (χ0v) is 11.8. The van der Waals surface area contributed by atoms with Gasteiger partial charge < -0.3 is 14.6 Å². The first-order valence-electron chi connectivity index (χ1n) is 7.28. The Balaban J connectivity index is 1.61. The highest BCUT2D eigenvalue weighted by atomic mass is 16.7. The lowest BCUT2D eigenvalue weighted by molar-refractivity contribution is -0.154. The summed E-state index contributed by atoms with van der Waals surface area (Å²) >= 11 is 0.